The molecule has 1 aromatic carbocycles. The van der Waals surface area contributed by atoms with Crippen LogP contribution in [0.15, 0.2) is 42.6 Å². The zero-order valence-electron chi connectivity index (χ0n) is 14.8. The van der Waals surface area contributed by atoms with Crippen molar-refractivity contribution in [3.63, 3.8) is 0 Å². The second-order valence-electron chi connectivity index (χ2n) is 5.84. The van der Waals surface area contributed by atoms with Crippen molar-refractivity contribution in [3.05, 3.63) is 54.1 Å². The summed E-state index contributed by atoms with van der Waals surface area (Å²) in [4.78, 5) is 28.5. The maximum atomic E-state index is 13.6. The molecule has 152 valence electrons. The van der Waals surface area contributed by atoms with Crippen molar-refractivity contribution in [1.82, 2.24) is 10.3 Å². The molecule has 3 N–H and O–H groups in total. The molecule has 1 fully saturated rings. The van der Waals surface area contributed by atoms with Crippen LogP contribution in [-0.2, 0) is 4.79 Å². The van der Waals surface area contributed by atoms with Gasteiger partial charge >= 0.3 is 0 Å². The maximum absolute atomic E-state index is 13.6. The summed E-state index contributed by atoms with van der Waals surface area (Å²) >= 11 is 1.80. The Labute approximate surface area is 179 Å². The number of carbonyl (C=O) groups excluding carboxylic acids is 2. The van der Waals surface area contributed by atoms with Crippen molar-refractivity contribution in [2.75, 3.05) is 28.7 Å². The Hall–Kier alpha value is -1.87. The molecule has 0 spiro atoms. The van der Waals surface area contributed by atoms with Crippen molar-refractivity contribution < 1.29 is 14.0 Å². The number of halogens is 3. The highest BCUT2D eigenvalue weighted by atomic mass is 35.5. The fraction of sp³-hybridized carbons (Fsp3) is 0.278. The normalized spacial score (nSPS) is 15.5. The van der Waals surface area contributed by atoms with Crippen LogP contribution < -0.4 is 16.0 Å². The van der Waals surface area contributed by atoms with Crippen LogP contribution in [0.25, 0.3) is 0 Å². The van der Waals surface area contributed by atoms with E-state index in [1.807, 2.05) is 0 Å². The summed E-state index contributed by atoms with van der Waals surface area (Å²) < 4.78 is 13.6. The van der Waals surface area contributed by atoms with Crippen molar-refractivity contribution in [2.45, 2.75) is 12.5 Å². The molecule has 1 aliphatic rings. The lowest BCUT2D eigenvalue weighted by Crippen LogP contribution is -2.40. The van der Waals surface area contributed by atoms with Gasteiger partial charge in [-0.2, -0.15) is 11.8 Å². The molecule has 1 saturated heterocycles. The van der Waals surface area contributed by atoms with Gasteiger partial charge in [-0.05, 0) is 30.3 Å². The van der Waals surface area contributed by atoms with E-state index in [1.54, 1.807) is 30.0 Å². The van der Waals surface area contributed by atoms with Crippen LogP contribution in [0.3, 0.4) is 0 Å². The molecule has 2 amide bonds. The number of nitrogens with zero attached hydrogens (tertiary/aromatic N) is 1. The van der Waals surface area contributed by atoms with E-state index in [2.05, 4.69) is 20.9 Å². The Morgan fingerprint density at radius 1 is 1.18 bits per heavy atom. The molecule has 6 nitrogen and oxygen atoms in total. The fourth-order valence-corrected chi connectivity index (χ4v) is 3.54. The minimum Gasteiger partial charge on any atom is -0.324 e. The van der Waals surface area contributed by atoms with Crippen LogP contribution in [0.2, 0.25) is 0 Å². The van der Waals surface area contributed by atoms with Gasteiger partial charge in [0, 0.05) is 36.7 Å². The number of aromatic nitrogens is 1. The average molecular weight is 447 g/mol. The predicted octanol–water partition coefficient (Wildman–Crippen LogP) is 3.35. The van der Waals surface area contributed by atoms with Gasteiger partial charge in [0.05, 0.1) is 11.4 Å². The van der Waals surface area contributed by atoms with Crippen molar-refractivity contribution in [3.8, 4) is 0 Å². The summed E-state index contributed by atoms with van der Waals surface area (Å²) in [7, 11) is 0. The summed E-state index contributed by atoms with van der Waals surface area (Å²) in [6.45, 7) is 0.869. The molecule has 0 radical (unpaired) electrons. The molecular weight excluding hydrogens is 426 g/mol. The van der Waals surface area contributed by atoms with Gasteiger partial charge in [0.2, 0.25) is 5.91 Å². The fourth-order valence-electron chi connectivity index (χ4n) is 2.59. The summed E-state index contributed by atoms with van der Waals surface area (Å²) in [5.41, 5.74) is 0.779. The summed E-state index contributed by atoms with van der Waals surface area (Å²) in [6, 6.07) is 8.90. The number of amides is 2. The standard InChI is InChI=1S/C18H19FN4O2S.2ClH/c19-12-4-5-14(23-18(25)15-3-1-2-6-21-15)16(9-12)22-17(24)10-13-11-26-8-7-20-13;;/h1-6,9,13,20H,7-8,10-11H2,(H,22,24)(H,23,25);2*1H. The quantitative estimate of drug-likeness (QED) is 0.655. The summed E-state index contributed by atoms with van der Waals surface area (Å²) in [6.07, 6.45) is 1.80. The van der Waals surface area contributed by atoms with Crippen LogP contribution in [0, 0.1) is 5.82 Å². The number of hydrogen-bond acceptors (Lipinski definition) is 5. The van der Waals surface area contributed by atoms with Gasteiger partial charge in [0.25, 0.3) is 5.91 Å². The second kappa shape index (κ2) is 11.9. The van der Waals surface area contributed by atoms with E-state index in [9.17, 15) is 14.0 Å². The highest BCUT2D eigenvalue weighted by molar-refractivity contribution is 7.99. The lowest BCUT2D eigenvalue weighted by Gasteiger charge is -2.22. The Morgan fingerprint density at radius 3 is 2.68 bits per heavy atom. The third-order valence-corrected chi connectivity index (χ3v) is 4.96. The molecule has 0 bridgehead atoms. The highest BCUT2D eigenvalue weighted by Crippen LogP contribution is 2.24. The minimum atomic E-state index is -0.498. The largest absolute Gasteiger partial charge is 0.324 e. The van der Waals surface area contributed by atoms with E-state index in [-0.39, 0.29) is 54.6 Å². The zero-order valence-corrected chi connectivity index (χ0v) is 17.3. The molecule has 1 aromatic heterocycles. The lowest BCUT2D eigenvalue weighted by molar-refractivity contribution is -0.116. The molecule has 2 heterocycles. The molecule has 3 rings (SSSR count). The van der Waals surface area contributed by atoms with Gasteiger partial charge in [0.1, 0.15) is 11.5 Å². The first-order valence-corrected chi connectivity index (χ1v) is 9.40. The first-order valence-electron chi connectivity index (χ1n) is 8.25. The summed E-state index contributed by atoms with van der Waals surface area (Å²) in [5.74, 6) is 0.732. The van der Waals surface area contributed by atoms with Crippen molar-refractivity contribution in [2.24, 2.45) is 0 Å². The van der Waals surface area contributed by atoms with Gasteiger partial charge < -0.3 is 16.0 Å². The molecule has 28 heavy (non-hydrogen) atoms. The van der Waals surface area contributed by atoms with Crippen LogP contribution >= 0.6 is 36.6 Å². The molecule has 2 aromatic rings. The number of carbonyl (C=O) groups is 2. The average Bonchev–Trinajstić information content (AvgIpc) is 2.65. The molecular formula is C18H21Cl2FN4O2S. The first kappa shape index (κ1) is 24.2. The first-order chi connectivity index (χ1) is 12.6. The SMILES string of the molecule is Cl.Cl.O=C(CC1CSCCN1)Nc1cc(F)ccc1NC(=O)c1ccccn1. The Kier molecular flexibility index (Phi) is 10.2. The van der Waals surface area contributed by atoms with E-state index >= 15 is 0 Å². The van der Waals surface area contributed by atoms with Crippen LogP contribution in [-0.4, -0.2) is 40.9 Å². The van der Waals surface area contributed by atoms with Crippen molar-refractivity contribution in [1.29, 1.82) is 0 Å². The van der Waals surface area contributed by atoms with Crippen molar-refractivity contribution >= 4 is 59.8 Å². The second-order valence-corrected chi connectivity index (χ2v) is 6.99. The molecule has 1 aliphatic heterocycles. The van der Waals surface area contributed by atoms with E-state index in [0.29, 0.717) is 5.69 Å². The van der Waals surface area contributed by atoms with Gasteiger partial charge in [-0.3, -0.25) is 14.6 Å². The van der Waals surface area contributed by atoms with E-state index < -0.39 is 11.7 Å². The Bertz CT molecular complexity index is 792. The molecule has 1 atom stereocenters. The predicted molar refractivity (Wildman–Crippen MR) is 115 cm³/mol. The molecule has 1 unspecified atom stereocenters. The number of benzene rings is 1. The third-order valence-electron chi connectivity index (χ3n) is 3.83. The molecule has 0 saturated carbocycles. The topological polar surface area (TPSA) is 83.1 Å². The van der Waals surface area contributed by atoms with Crippen LogP contribution in [0.1, 0.15) is 16.9 Å². The monoisotopic (exact) mass is 446 g/mol. The van der Waals surface area contributed by atoms with Crippen LogP contribution in [0.4, 0.5) is 15.8 Å². The number of hydrogen-bond donors (Lipinski definition) is 3. The van der Waals surface area contributed by atoms with Crippen LogP contribution in [0.5, 0.6) is 0 Å². The Morgan fingerprint density at radius 2 is 2.00 bits per heavy atom. The number of thioether (sulfide) groups is 1. The van der Waals surface area contributed by atoms with E-state index in [0.717, 1.165) is 18.1 Å². The van der Waals surface area contributed by atoms with Gasteiger partial charge in [0.15, 0.2) is 0 Å². The number of anilines is 2. The third kappa shape index (κ3) is 6.94. The van der Waals surface area contributed by atoms with Gasteiger partial charge in [-0.1, -0.05) is 6.07 Å². The maximum Gasteiger partial charge on any atom is 0.274 e. The molecule has 10 heteroatoms. The van der Waals surface area contributed by atoms with Gasteiger partial charge in [-0.15, -0.1) is 24.8 Å². The summed E-state index contributed by atoms with van der Waals surface area (Å²) in [5, 5.41) is 8.63. The smallest absolute Gasteiger partial charge is 0.274 e. The zero-order chi connectivity index (χ0) is 18.4. The highest BCUT2D eigenvalue weighted by Gasteiger charge is 2.18. The number of nitrogens with one attached hydrogen (secondary N) is 3. The van der Waals surface area contributed by atoms with E-state index in [1.165, 1.54) is 24.4 Å². The van der Waals surface area contributed by atoms with Gasteiger partial charge in [-0.25, -0.2) is 4.39 Å². The number of pyridine rings is 1. The minimum absolute atomic E-state index is 0. The lowest BCUT2D eigenvalue weighted by atomic mass is 10.2. The van der Waals surface area contributed by atoms with E-state index in [4.69, 9.17) is 0 Å². The number of rotatable bonds is 5. The Balaban J connectivity index is 0.00000196. The molecule has 0 aliphatic carbocycles.